The third kappa shape index (κ3) is 5.84. The van der Waals surface area contributed by atoms with Gasteiger partial charge in [0.15, 0.2) is 17.3 Å². The average Bonchev–Trinajstić information content (AvgIpc) is 3.37. The molecule has 0 aliphatic carbocycles. The molecular weight excluding hydrogens is 514 g/mol. The number of carbonyl (C=O) groups is 1. The standard InChI is InChI=1S/C29H23N5O4S/c1-2-36-25-15-19(12-13-24(25)38-17-21-9-7-6-8-20(21)16-30)14-23-27(31)34-29(32-28(23)35)39-26(33-34)18-37-22-10-4-3-5-11-22/h3-15,31H,2,17-18H2,1H3/b23-14+,31-27?. The van der Waals surface area contributed by atoms with Crippen molar-refractivity contribution >= 4 is 39.8 Å². The maximum Gasteiger partial charge on any atom is 0.283 e. The van der Waals surface area contributed by atoms with Gasteiger partial charge in [-0.15, -0.1) is 0 Å². The molecule has 0 bridgehead atoms. The highest BCUT2D eigenvalue weighted by Gasteiger charge is 2.35. The number of nitrogens with one attached hydrogen (secondary N) is 1. The van der Waals surface area contributed by atoms with Crippen LogP contribution in [0.15, 0.2) is 88.5 Å². The fourth-order valence-electron chi connectivity index (χ4n) is 3.83. The van der Waals surface area contributed by atoms with Crippen molar-refractivity contribution in [3.8, 4) is 23.3 Å². The molecule has 0 radical (unpaired) electrons. The number of hydrogen-bond acceptors (Lipinski definition) is 8. The molecule has 2 aliphatic rings. The normalized spacial score (nSPS) is 15.4. The Kier molecular flexibility index (Phi) is 7.70. The Balaban J connectivity index is 1.33. The Labute approximate surface area is 229 Å². The van der Waals surface area contributed by atoms with E-state index in [1.807, 2.05) is 49.4 Å². The number of ether oxygens (including phenoxy) is 3. The zero-order valence-electron chi connectivity index (χ0n) is 21.0. The molecular formula is C29H23N5O4S. The Bertz CT molecular complexity index is 1560. The van der Waals surface area contributed by atoms with Gasteiger partial charge in [0.25, 0.3) is 5.91 Å². The summed E-state index contributed by atoms with van der Waals surface area (Å²) in [6.07, 6.45) is 1.58. The van der Waals surface area contributed by atoms with Crippen molar-refractivity contribution in [2.75, 3.05) is 13.2 Å². The number of carbonyl (C=O) groups excluding carboxylic acids is 1. The smallest absolute Gasteiger partial charge is 0.283 e. The zero-order chi connectivity index (χ0) is 27.2. The summed E-state index contributed by atoms with van der Waals surface area (Å²) in [5.74, 6) is 1.09. The SMILES string of the molecule is CCOc1cc(/C=C2\C(=N)N3N=C(COc4ccccc4)SC3=NC2=O)ccc1OCc1ccccc1C#N. The zero-order valence-corrected chi connectivity index (χ0v) is 21.8. The number of hydrazone groups is 1. The number of fused-ring (bicyclic) bond motifs is 1. The summed E-state index contributed by atoms with van der Waals surface area (Å²) in [5.41, 5.74) is 2.05. The molecule has 0 spiro atoms. The minimum atomic E-state index is -0.523. The molecule has 10 heteroatoms. The lowest BCUT2D eigenvalue weighted by Crippen LogP contribution is -2.35. The summed E-state index contributed by atoms with van der Waals surface area (Å²) in [6, 6.07) is 24.0. The fourth-order valence-corrected chi connectivity index (χ4v) is 4.63. The quantitative estimate of drug-likeness (QED) is 0.371. The first-order valence-electron chi connectivity index (χ1n) is 12.1. The van der Waals surface area contributed by atoms with Gasteiger partial charge in [0.1, 0.15) is 24.0 Å². The number of amides is 1. The van der Waals surface area contributed by atoms with Crippen molar-refractivity contribution in [3.05, 3.63) is 95.1 Å². The van der Waals surface area contributed by atoms with Crippen LogP contribution in [0.3, 0.4) is 0 Å². The molecule has 0 fully saturated rings. The molecule has 0 unspecified atom stereocenters. The number of benzene rings is 3. The lowest BCUT2D eigenvalue weighted by molar-refractivity contribution is -0.114. The molecule has 194 valence electrons. The topological polar surface area (TPSA) is 120 Å². The first-order valence-corrected chi connectivity index (χ1v) is 12.9. The third-order valence-corrected chi connectivity index (χ3v) is 6.58. The van der Waals surface area contributed by atoms with Crippen LogP contribution in [0.1, 0.15) is 23.6 Å². The lowest BCUT2D eigenvalue weighted by Gasteiger charge is -2.20. The number of nitrogens with zero attached hydrogens (tertiary/aromatic N) is 4. The van der Waals surface area contributed by atoms with E-state index in [4.69, 9.17) is 19.6 Å². The van der Waals surface area contributed by atoms with Gasteiger partial charge in [0.2, 0.25) is 5.17 Å². The Morgan fingerprint density at radius 2 is 1.79 bits per heavy atom. The van der Waals surface area contributed by atoms with E-state index in [0.717, 1.165) is 5.56 Å². The van der Waals surface area contributed by atoms with Crippen LogP contribution in [-0.2, 0) is 11.4 Å². The summed E-state index contributed by atoms with van der Waals surface area (Å²) in [7, 11) is 0. The summed E-state index contributed by atoms with van der Waals surface area (Å²) in [5, 5.41) is 24.6. The van der Waals surface area contributed by atoms with E-state index in [0.29, 0.717) is 45.2 Å². The monoisotopic (exact) mass is 537 g/mol. The highest BCUT2D eigenvalue weighted by molar-refractivity contribution is 8.27. The van der Waals surface area contributed by atoms with E-state index in [2.05, 4.69) is 16.2 Å². The highest BCUT2D eigenvalue weighted by Crippen LogP contribution is 2.32. The van der Waals surface area contributed by atoms with Crippen LogP contribution in [0.25, 0.3) is 6.08 Å². The Hall–Kier alpha value is -4.88. The number of nitriles is 1. The van der Waals surface area contributed by atoms with Gasteiger partial charge in [0, 0.05) is 5.56 Å². The van der Waals surface area contributed by atoms with E-state index in [1.165, 1.54) is 16.8 Å². The van der Waals surface area contributed by atoms with Crippen LogP contribution in [0.2, 0.25) is 0 Å². The number of thioether (sulfide) groups is 1. The maximum atomic E-state index is 12.8. The predicted molar refractivity (Wildman–Crippen MR) is 150 cm³/mol. The molecule has 5 rings (SSSR count). The molecule has 3 aromatic rings. The average molecular weight is 538 g/mol. The van der Waals surface area contributed by atoms with Crippen molar-refractivity contribution in [1.29, 1.82) is 10.7 Å². The van der Waals surface area contributed by atoms with E-state index in [9.17, 15) is 10.1 Å². The van der Waals surface area contributed by atoms with E-state index in [-0.39, 0.29) is 24.6 Å². The van der Waals surface area contributed by atoms with Crippen LogP contribution in [0, 0.1) is 16.7 Å². The molecule has 0 aromatic heterocycles. The fraction of sp³-hybridized carbons (Fsp3) is 0.138. The summed E-state index contributed by atoms with van der Waals surface area (Å²) >= 11 is 1.20. The Morgan fingerprint density at radius 1 is 1.00 bits per heavy atom. The molecule has 1 N–H and O–H groups in total. The first kappa shape index (κ1) is 25.8. The van der Waals surface area contributed by atoms with Crippen LogP contribution >= 0.6 is 11.8 Å². The minimum Gasteiger partial charge on any atom is -0.490 e. The van der Waals surface area contributed by atoms with Gasteiger partial charge in [-0.2, -0.15) is 20.4 Å². The van der Waals surface area contributed by atoms with Gasteiger partial charge in [-0.1, -0.05) is 42.5 Å². The highest BCUT2D eigenvalue weighted by atomic mass is 32.2. The lowest BCUT2D eigenvalue weighted by atomic mass is 10.1. The molecule has 39 heavy (non-hydrogen) atoms. The number of rotatable bonds is 9. The Morgan fingerprint density at radius 3 is 2.59 bits per heavy atom. The predicted octanol–water partition coefficient (Wildman–Crippen LogP) is 5.23. The minimum absolute atomic E-state index is 0.0707. The van der Waals surface area contributed by atoms with Gasteiger partial charge in [-0.05, 0) is 60.7 Å². The molecule has 9 nitrogen and oxygen atoms in total. The van der Waals surface area contributed by atoms with Crippen molar-refractivity contribution in [3.63, 3.8) is 0 Å². The number of hydrogen-bond donors (Lipinski definition) is 1. The summed E-state index contributed by atoms with van der Waals surface area (Å²) in [4.78, 5) is 17.0. The van der Waals surface area contributed by atoms with E-state index in [1.54, 1.807) is 36.4 Å². The van der Waals surface area contributed by atoms with Gasteiger partial charge in [0.05, 0.1) is 23.8 Å². The summed E-state index contributed by atoms with van der Waals surface area (Å²) in [6.45, 7) is 2.66. The van der Waals surface area contributed by atoms with Crippen molar-refractivity contribution in [2.24, 2.45) is 10.1 Å². The second-order valence-electron chi connectivity index (χ2n) is 8.31. The molecule has 2 heterocycles. The van der Waals surface area contributed by atoms with Crippen LogP contribution < -0.4 is 14.2 Å². The third-order valence-electron chi connectivity index (χ3n) is 5.70. The van der Waals surface area contributed by atoms with E-state index < -0.39 is 5.91 Å². The van der Waals surface area contributed by atoms with Gasteiger partial charge in [-0.25, -0.2) is 0 Å². The molecule has 0 atom stereocenters. The van der Waals surface area contributed by atoms with Gasteiger partial charge >= 0.3 is 0 Å². The molecule has 1 amide bonds. The molecule has 0 saturated carbocycles. The van der Waals surface area contributed by atoms with Crippen LogP contribution in [0.5, 0.6) is 17.2 Å². The van der Waals surface area contributed by atoms with Gasteiger partial charge < -0.3 is 14.2 Å². The molecule has 2 aliphatic heterocycles. The van der Waals surface area contributed by atoms with Crippen LogP contribution in [0.4, 0.5) is 0 Å². The molecule has 0 saturated heterocycles. The first-order chi connectivity index (χ1) is 19.1. The summed E-state index contributed by atoms with van der Waals surface area (Å²) < 4.78 is 17.5. The van der Waals surface area contributed by atoms with Crippen molar-refractivity contribution in [2.45, 2.75) is 13.5 Å². The van der Waals surface area contributed by atoms with Gasteiger partial charge in [-0.3, -0.25) is 10.2 Å². The maximum absolute atomic E-state index is 12.8. The van der Waals surface area contributed by atoms with Crippen LogP contribution in [-0.4, -0.2) is 40.2 Å². The number of amidine groups is 2. The van der Waals surface area contributed by atoms with Crippen molar-refractivity contribution < 1.29 is 19.0 Å². The second kappa shape index (κ2) is 11.7. The van der Waals surface area contributed by atoms with Crippen molar-refractivity contribution in [1.82, 2.24) is 5.01 Å². The second-order valence-corrected chi connectivity index (χ2v) is 9.35. The number of para-hydroxylation sites is 1. The number of aliphatic imine (C=N–C) groups is 1. The van der Waals surface area contributed by atoms with E-state index >= 15 is 0 Å². The molecule has 3 aromatic carbocycles. The largest absolute Gasteiger partial charge is 0.490 e.